The average molecular weight is 443 g/mol. The fourth-order valence-electron chi connectivity index (χ4n) is 2.66. The summed E-state index contributed by atoms with van der Waals surface area (Å²) in [5.41, 5.74) is 0.947. The Bertz CT molecular complexity index is 840. The van der Waals surface area contributed by atoms with Gasteiger partial charge in [0.1, 0.15) is 10.7 Å². The first-order valence-corrected chi connectivity index (χ1v) is 10.4. The van der Waals surface area contributed by atoms with Gasteiger partial charge in [-0.25, -0.2) is 4.98 Å². The molecule has 1 fully saturated rings. The van der Waals surface area contributed by atoms with Gasteiger partial charge >= 0.3 is 0 Å². The van der Waals surface area contributed by atoms with Gasteiger partial charge in [-0.1, -0.05) is 23.2 Å². The van der Waals surface area contributed by atoms with Gasteiger partial charge in [0.2, 0.25) is 5.91 Å². The van der Waals surface area contributed by atoms with E-state index in [9.17, 15) is 9.59 Å². The van der Waals surface area contributed by atoms with Crippen molar-refractivity contribution in [1.82, 2.24) is 20.5 Å². The van der Waals surface area contributed by atoms with Crippen molar-refractivity contribution in [2.24, 2.45) is 0 Å². The van der Waals surface area contributed by atoms with Gasteiger partial charge in [0.25, 0.3) is 5.91 Å². The van der Waals surface area contributed by atoms with E-state index in [0.717, 1.165) is 32.8 Å². The third-order valence-corrected chi connectivity index (χ3v) is 5.59. The summed E-state index contributed by atoms with van der Waals surface area (Å²) < 4.78 is 5.28. The number of hydrogen-bond acceptors (Lipinski definition) is 6. The molecule has 150 valence electrons. The second kappa shape index (κ2) is 10.2. The van der Waals surface area contributed by atoms with E-state index in [1.54, 1.807) is 23.6 Å². The zero-order valence-electron chi connectivity index (χ0n) is 15.0. The van der Waals surface area contributed by atoms with Crippen molar-refractivity contribution in [1.29, 1.82) is 0 Å². The summed E-state index contributed by atoms with van der Waals surface area (Å²) in [4.78, 5) is 30.7. The zero-order chi connectivity index (χ0) is 19.9. The molecule has 0 saturated carbocycles. The number of ether oxygens (including phenoxy) is 1. The van der Waals surface area contributed by atoms with Crippen LogP contribution in [0.2, 0.25) is 10.0 Å². The number of hydrogen-bond donors (Lipinski definition) is 2. The van der Waals surface area contributed by atoms with E-state index in [1.807, 2.05) is 0 Å². The molecule has 0 radical (unpaired) electrons. The number of thiazole rings is 1. The van der Waals surface area contributed by atoms with Crippen molar-refractivity contribution in [2.45, 2.75) is 0 Å². The molecular weight excluding hydrogens is 423 g/mol. The van der Waals surface area contributed by atoms with Gasteiger partial charge in [0.15, 0.2) is 0 Å². The maximum absolute atomic E-state index is 12.2. The molecule has 2 heterocycles. The number of carbonyl (C=O) groups excluding carboxylic acids is 2. The molecule has 0 spiro atoms. The summed E-state index contributed by atoms with van der Waals surface area (Å²) in [6.45, 7) is 4.38. The second-order valence-corrected chi connectivity index (χ2v) is 7.85. The van der Waals surface area contributed by atoms with Gasteiger partial charge in [-0.05, 0) is 18.2 Å². The fourth-order valence-corrected chi connectivity index (χ4v) is 4.05. The van der Waals surface area contributed by atoms with E-state index in [1.165, 1.54) is 11.3 Å². The molecule has 3 rings (SSSR count). The van der Waals surface area contributed by atoms with Crippen LogP contribution in [0.5, 0.6) is 0 Å². The molecule has 2 amide bonds. The first kappa shape index (κ1) is 21.0. The Morgan fingerprint density at radius 3 is 2.75 bits per heavy atom. The van der Waals surface area contributed by atoms with E-state index in [-0.39, 0.29) is 18.1 Å². The molecule has 1 aromatic heterocycles. The number of benzene rings is 1. The Hall–Kier alpha value is -1.71. The number of nitrogens with zero attached hydrogens (tertiary/aromatic N) is 2. The normalized spacial score (nSPS) is 14.6. The predicted octanol–water partition coefficient (Wildman–Crippen LogP) is 2.30. The highest BCUT2D eigenvalue weighted by molar-refractivity contribution is 7.13. The van der Waals surface area contributed by atoms with Crippen LogP contribution in [0, 0.1) is 0 Å². The topological polar surface area (TPSA) is 83.6 Å². The molecule has 0 unspecified atom stereocenters. The number of nitrogens with one attached hydrogen (secondary N) is 2. The standard InChI is InChI=1S/C18H20Cl2N4O3S/c19-12-1-2-13(14(20)9-12)18-23-15(11-28-18)17(26)22-10-16(25)21-3-4-24-5-7-27-8-6-24/h1-2,9,11H,3-8,10H2,(H,21,25)(H,22,26). The number of morpholine rings is 1. The highest BCUT2D eigenvalue weighted by atomic mass is 35.5. The highest BCUT2D eigenvalue weighted by Gasteiger charge is 2.15. The van der Waals surface area contributed by atoms with Gasteiger partial charge in [-0.15, -0.1) is 11.3 Å². The Labute approximate surface area is 177 Å². The first-order chi connectivity index (χ1) is 13.5. The molecule has 28 heavy (non-hydrogen) atoms. The molecule has 2 N–H and O–H groups in total. The maximum atomic E-state index is 12.2. The lowest BCUT2D eigenvalue weighted by Gasteiger charge is -2.26. The Morgan fingerprint density at radius 2 is 2.00 bits per heavy atom. The summed E-state index contributed by atoms with van der Waals surface area (Å²) in [5, 5.41) is 8.62. The molecule has 0 bridgehead atoms. The molecule has 0 aliphatic carbocycles. The van der Waals surface area contributed by atoms with Gasteiger partial charge in [0, 0.05) is 42.1 Å². The number of carbonyl (C=O) groups is 2. The summed E-state index contributed by atoms with van der Waals surface area (Å²) in [7, 11) is 0. The summed E-state index contributed by atoms with van der Waals surface area (Å²) in [6.07, 6.45) is 0. The Morgan fingerprint density at radius 1 is 1.21 bits per heavy atom. The number of halogens is 2. The van der Waals surface area contributed by atoms with E-state index in [4.69, 9.17) is 27.9 Å². The minimum absolute atomic E-state index is 0.101. The van der Waals surface area contributed by atoms with E-state index in [0.29, 0.717) is 27.2 Å². The molecule has 0 atom stereocenters. The highest BCUT2D eigenvalue weighted by Crippen LogP contribution is 2.32. The van der Waals surface area contributed by atoms with Crippen LogP contribution in [0.15, 0.2) is 23.6 Å². The minimum Gasteiger partial charge on any atom is -0.379 e. The van der Waals surface area contributed by atoms with Crippen molar-refractivity contribution in [3.8, 4) is 10.6 Å². The van der Waals surface area contributed by atoms with Crippen LogP contribution in [0.4, 0.5) is 0 Å². The molecule has 1 aliphatic heterocycles. The van der Waals surface area contributed by atoms with Crippen LogP contribution >= 0.6 is 34.5 Å². The van der Waals surface area contributed by atoms with E-state index < -0.39 is 5.91 Å². The number of aromatic nitrogens is 1. The average Bonchev–Trinajstić information content (AvgIpc) is 3.17. The molecule has 1 saturated heterocycles. The lowest BCUT2D eigenvalue weighted by molar-refractivity contribution is -0.120. The van der Waals surface area contributed by atoms with Gasteiger partial charge < -0.3 is 15.4 Å². The predicted molar refractivity (Wildman–Crippen MR) is 110 cm³/mol. The van der Waals surface area contributed by atoms with Crippen LogP contribution in [-0.4, -0.2) is 67.6 Å². The summed E-state index contributed by atoms with van der Waals surface area (Å²) in [5.74, 6) is -0.645. The summed E-state index contributed by atoms with van der Waals surface area (Å²) >= 11 is 13.4. The first-order valence-electron chi connectivity index (χ1n) is 8.79. The van der Waals surface area contributed by atoms with E-state index >= 15 is 0 Å². The van der Waals surface area contributed by atoms with Crippen molar-refractivity contribution < 1.29 is 14.3 Å². The van der Waals surface area contributed by atoms with Crippen molar-refractivity contribution in [3.05, 3.63) is 39.3 Å². The van der Waals surface area contributed by atoms with Crippen LogP contribution in [0.1, 0.15) is 10.5 Å². The largest absolute Gasteiger partial charge is 0.379 e. The van der Waals surface area contributed by atoms with Gasteiger partial charge in [-0.3, -0.25) is 14.5 Å². The fraction of sp³-hybridized carbons (Fsp3) is 0.389. The molecule has 1 aliphatic rings. The van der Waals surface area contributed by atoms with Crippen molar-refractivity contribution in [3.63, 3.8) is 0 Å². The minimum atomic E-state index is -0.407. The van der Waals surface area contributed by atoms with Crippen LogP contribution in [-0.2, 0) is 9.53 Å². The quantitative estimate of drug-likeness (QED) is 0.686. The SMILES string of the molecule is O=C(CNC(=O)c1csc(-c2ccc(Cl)cc2Cl)n1)NCCN1CCOCC1. The van der Waals surface area contributed by atoms with Crippen LogP contribution in [0.3, 0.4) is 0 Å². The lowest BCUT2D eigenvalue weighted by Crippen LogP contribution is -2.43. The lowest BCUT2D eigenvalue weighted by atomic mass is 10.2. The molecule has 10 heteroatoms. The maximum Gasteiger partial charge on any atom is 0.271 e. The van der Waals surface area contributed by atoms with Gasteiger partial charge in [0.05, 0.1) is 24.8 Å². The second-order valence-electron chi connectivity index (χ2n) is 6.15. The number of amides is 2. The summed E-state index contributed by atoms with van der Waals surface area (Å²) in [6, 6.07) is 5.10. The van der Waals surface area contributed by atoms with Crippen molar-refractivity contribution >= 4 is 46.4 Å². The Balaban J connectivity index is 1.44. The van der Waals surface area contributed by atoms with Crippen LogP contribution in [0.25, 0.3) is 10.6 Å². The molecule has 2 aromatic rings. The molecule has 1 aromatic carbocycles. The number of rotatable bonds is 7. The third kappa shape index (κ3) is 5.89. The van der Waals surface area contributed by atoms with Crippen molar-refractivity contribution in [2.75, 3.05) is 45.9 Å². The zero-order valence-corrected chi connectivity index (χ0v) is 17.4. The monoisotopic (exact) mass is 442 g/mol. The van der Waals surface area contributed by atoms with Gasteiger partial charge in [-0.2, -0.15) is 0 Å². The van der Waals surface area contributed by atoms with E-state index in [2.05, 4.69) is 20.5 Å². The molecule has 7 nitrogen and oxygen atoms in total. The molecular formula is C18H20Cl2N4O3S. The smallest absolute Gasteiger partial charge is 0.271 e. The Kier molecular flexibility index (Phi) is 7.64. The van der Waals surface area contributed by atoms with Crippen LogP contribution < -0.4 is 10.6 Å². The third-order valence-electron chi connectivity index (χ3n) is 4.16.